The van der Waals surface area contributed by atoms with Gasteiger partial charge in [-0.2, -0.15) is 0 Å². The van der Waals surface area contributed by atoms with Gasteiger partial charge < -0.3 is 19.3 Å². The first kappa shape index (κ1) is 23.9. The van der Waals surface area contributed by atoms with Crippen LogP contribution in [-0.2, 0) is 23.8 Å². The molecule has 0 saturated carbocycles. The number of ether oxygens (including phenoxy) is 3. The highest BCUT2D eigenvalue weighted by atomic mass is 16.7. The standard InChI is InChI=1S/C21H38O6/c1-12(2)11-21(10,13(3)4)18(24)25-15-14(16(22)26-19(5,6)7)20(8,9)27-17(15)23/h12-15,17,23H,11H2,1-10H3. The fraction of sp³-hybridized carbons (Fsp3) is 0.905. The Morgan fingerprint density at radius 2 is 1.63 bits per heavy atom. The van der Waals surface area contributed by atoms with Crippen molar-refractivity contribution in [2.75, 3.05) is 0 Å². The summed E-state index contributed by atoms with van der Waals surface area (Å²) in [4.78, 5) is 25.8. The molecule has 1 aliphatic heterocycles. The number of esters is 2. The fourth-order valence-corrected chi connectivity index (χ4v) is 3.58. The van der Waals surface area contributed by atoms with Crippen LogP contribution in [0.2, 0.25) is 0 Å². The molecular formula is C21H38O6. The van der Waals surface area contributed by atoms with Crippen molar-refractivity contribution in [2.24, 2.45) is 23.2 Å². The van der Waals surface area contributed by atoms with E-state index in [0.717, 1.165) is 0 Å². The summed E-state index contributed by atoms with van der Waals surface area (Å²) in [6.45, 7) is 18.6. The van der Waals surface area contributed by atoms with E-state index in [1.807, 2.05) is 34.6 Å². The van der Waals surface area contributed by atoms with Crippen molar-refractivity contribution in [3.8, 4) is 0 Å². The molecule has 6 heteroatoms. The van der Waals surface area contributed by atoms with E-state index in [2.05, 4.69) is 0 Å². The molecule has 158 valence electrons. The first-order valence-corrected chi connectivity index (χ1v) is 9.81. The number of rotatable bonds is 6. The van der Waals surface area contributed by atoms with Crippen LogP contribution < -0.4 is 0 Å². The lowest BCUT2D eigenvalue weighted by atomic mass is 9.73. The topological polar surface area (TPSA) is 82.1 Å². The Morgan fingerprint density at radius 3 is 2.04 bits per heavy atom. The molecule has 0 amide bonds. The molecule has 0 aliphatic carbocycles. The monoisotopic (exact) mass is 386 g/mol. The maximum atomic E-state index is 13.1. The highest BCUT2D eigenvalue weighted by Gasteiger charge is 2.57. The first-order valence-electron chi connectivity index (χ1n) is 9.81. The van der Waals surface area contributed by atoms with Gasteiger partial charge in [-0.3, -0.25) is 9.59 Å². The summed E-state index contributed by atoms with van der Waals surface area (Å²) >= 11 is 0. The number of carbonyl (C=O) groups excluding carboxylic acids is 2. The summed E-state index contributed by atoms with van der Waals surface area (Å²) in [5, 5.41) is 10.4. The Balaban J connectivity index is 3.13. The first-order chi connectivity index (χ1) is 12.0. The third-order valence-corrected chi connectivity index (χ3v) is 5.26. The van der Waals surface area contributed by atoms with Crippen molar-refractivity contribution in [1.29, 1.82) is 0 Å². The van der Waals surface area contributed by atoms with Gasteiger partial charge in [-0.05, 0) is 59.8 Å². The van der Waals surface area contributed by atoms with E-state index in [9.17, 15) is 14.7 Å². The molecule has 4 atom stereocenters. The third-order valence-electron chi connectivity index (χ3n) is 5.26. The molecule has 1 N–H and O–H groups in total. The van der Waals surface area contributed by atoms with Gasteiger partial charge in [0.25, 0.3) is 0 Å². The zero-order chi connectivity index (χ0) is 21.4. The van der Waals surface area contributed by atoms with Crippen LogP contribution in [-0.4, -0.2) is 40.6 Å². The molecule has 0 radical (unpaired) electrons. The SMILES string of the molecule is CC(C)CC(C)(C(=O)OC1C(O)OC(C)(C)C1C(=O)OC(C)(C)C)C(C)C. The van der Waals surface area contributed by atoms with Crippen LogP contribution in [0.15, 0.2) is 0 Å². The summed E-state index contributed by atoms with van der Waals surface area (Å²) in [6, 6.07) is 0. The zero-order valence-electron chi connectivity index (χ0n) is 18.6. The maximum absolute atomic E-state index is 13.1. The van der Waals surface area contributed by atoms with Crippen molar-refractivity contribution < 1.29 is 28.9 Å². The number of carbonyl (C=O) groups is 2. The van der Waals surface area contributed by atoms with Crippen LogP contribution in [0.4, 0.5) is 0 Å². The molecule has 4 unspecified atom stereocenters. The van der Waals surface area contributed by atoms with Gasteiger partial charge in [-0.15, -0.1) is 0 Å². The molecule has 1 fully saturated rings. The summed E-state index contributed by atoms with van der Waals surface area (Å²) in [5.41, 5.74) is -2.43. The molecule has 0 aromatic rings. The van der Waals surface area contributed by atoms with Crippen LogP contribution >= 0.6 is 0 Å². The number of hydrogen-bond acceptors (Lipinski definition) is 6. The highest BCUT2D eigenvalue weighted by Crippen LogP contribution is 2.42. The number of hydrogen-bond donors (Lipinski definition) is 1. The highest BCUT2D eigenvalue weighted by molar-refractivity contribution is 5.79. The van der Waals surface area contributed by atoms with Gasteiger partial charge in [0.15, 0.2) is 12.4 Å². The van der Waals surface area contributed by atoms with Gasteiger partial charge in [0.1, 0.15) is 11.5 Å². The molecule has 1 heterocycles. The van der Waals surface area contributed by atoms with Crippen molar-refractivity contribution >= 4 is 11.9 Å². The minimum Gasteiger partial charge on any atom is -0.460 e. The average Bonchev–Trinajstić information content (AvgIpc) is 2.64. The van der Waals surface area contributed by atoms with Crippen LogP contribution in [0.25, 0.3) is 0 Å². The molecule has 27 heavy (non-hydrogen) atoms. The van der Waals surface area contributed by atoms with Crippen LogP contribution in [0, 0.1) is 23.2 Å². The van der Waals surface area contributed by atoms with E-state index < -0.39 is 46.9 Å². The Morgan fingerprint density at radius 1 is 1.11 bits per heavy atom. The Bertz CT molecular complexity index is 545. The third kappa shape index (κ3) is 5.67. The summed E-state index contributed by atoms with van der Waals surface area (Å²) in [6.07, 6.45) is -1.84. The van der Waals surface area contributed by atoms with E-state index in [4.69, 9.17) is 14.2 Å². The lowest BCUT2D eigenvalue weighted by Gasteiger charge is -2.35. The van der Waals surface area contributed by atoms with E-state index in [-0.39, 0.29) is 5.92 Å². The largest absolute Gasteiger partial charge is 0.460 e. The molecule has 1 rings (SSSR count). The maximum Gasteiger partial charge on any atom is 0.316 e. The lowest BCUT2D eigenvalue weighted by molar-refractivity contribution is -0.188. The van der Waals surface area contributed by atoms with E-state index in [0.29, 0.717) is 12.3 Å². The Hall–Kier alpha value is -1.14. The molecule has 0 aromatic heterocycles. The van der Waals surface area contributed by atoms with E-state index in [1.54, 1.807) is 34.6 Å². The lowest BCUT2D eigenvalue weighted by Crippen LogP contribution is -2.47. The van der Waals surface area contributed by atoms with Gasteiger partial charge in [0, 0.05) is 0 Å². The van der Waals surface area contributed by atoms with Gasteiger partial charge >= 0.3 is 11.9 Å². The molecule has 0 aromatic carbocycles. The Kier molecular flexibility index (Phi) is 7.15. The molecular weight excluding hydrogens is 348 g/mol. The van der Waals surface area contributed by atoms with Gasteiger partial charge in [0.05, 0.1) is 11.0 Å². The van der Waals surface area contributed by atoms with Crippen LogP contribution in [0.3, 0.4) is 0 Å². The average molecular weight is 387 g/mol. The summed E-state index contributed by atoms with van der Waals surface area (Å²) < 4.78 is 16.8. The van der Waals surface area contributed by atoms with Gasteiger partial charge in [0.2, 0.25) is 0 Å². The van der Waals surface area contributed by atoms with Crippen molar-refractivity contribution in [1.82, 2.24) is 0 Å². The second-order valence-corrected chi connectivity index (χ2v) is 10.2. The Labute approximate surface area is 163 Å². The molecule has 0 spiro atoms. The summed E-state index contributed by atoms with van der Waals surface area (Å²) in [5.74, 6) is -1.54. The molecule has 0 bridgehead atoms. The quantitative estimate of drug-likeness (QED) is 0.701. The second kappa shape index (κ2) is 8.08. The minimum absolute atomic E-state index is 0.0415. The van der Waals surface area contributed by atoms with E-state index in [1.165, 1.54) is 0 Å². The summed E-state index contributed by atoms with van der Waals surface area (Å²) in [7, 11) is 0. The van der Waals surface area contributed by atoms with Crippen molar-refractivity contribution in [3.05, 3.63) is 0 Å². The zero-order valence-corrected chi connectivity index (χ0v) is 18.6. The van der Waals surface area contributed by atoms with Crippen LogP contribution in [0.5, 0.6) is 0 Å². The smallest absolute Gasteiger partial charge is 0.316 e. The minimum atomic E-state index is -1.38. The fourth-order valence-electron chi connectivity index (χ4n) is 3.58. The second-order valence-electron chi connectivity index (χ2n) is 10.2. The molecule has 1 aliphatic rings. The van der Waals surface area contributed by atoms with Gasteiger partial charge in [-0.25, -0.2) is 0 Å². The normalized spacial score (nSPS) is 27.5. The predicted molar refractivity (Wildman–Crippen MR) is 103 cm³/mol. The predicted octanol–water partition coefficient (Wildman–Crippen LogP) is 3.69. The van der Waals surface area contributed by atoms with Crippen LogP contribution in [0.1, 0.15) is 75.7 Å². The van der Waals surface area contributed by atoms with Crippen molar-refractivity contribution in [2.45, 2.75) is 99.3 Å². The molecule has 1 saturated heterocycles. The van der Waals surface area contributed by atoms with Crippen molar-refractivity contribution in [3.63, 3.8) is 0 Å². The van der Waals surface area contributed by atoms with E-state index >= 15 is 0 Å². The molecule has 6 nitrogen and oxygen atoms in total. The number of aliphatic hydroxyl groups is 1. The number of aliphatic hydroxyl groups excluding tert-OH is 1. The van der Waals surface area contributed by atoms with Gasteiger partial charge in [-0.1, -0.05) is 27.7 Å².